The smallest absolute Gasteiger partial charge is 0.239 e. The minimum Gasteiger partial charge on any atom is -0.325 e. The second-order valence-corrected chi connectivity index (χ2v) is 9.84. The predicted octanol–water partition coefficient (Wildman–Crippen LogP) is 3.69. The Morgan fingerprint density at radius 3 is 2.19 bits per heavy atom. The van der Waals surface area contributed by atoms with Crippen molar-refractivity contribution in [3.63, 3.8) is 0 Å². The molecule has 27 heavy (non-hydrogen) atoms. The van der Waals surface area contributed by atoms with Crippen molar-refractivity contribution in [2.24, 2.45) is 0 Å². The third-order valence-electron chi connectivity index (χ3n) is 4.28. The van der Waals surface area contributed by atoms with Crippen LogP contribution in [0.4, 0.5) is 5.69 Å². The summed E-state index contributed by atoms with van der Waals surface area (Å²) < 4.78 is 25.5. The number of para-hydroxylation sites is 1. The van der Waals surface area contributed by atoms with Gasteiger partial charge in [0.15, 0.2) is 0 Å². The molecule has 5 nitrogen and oxygen atoms in total. The molecule has 1 N–H and O–H groups in total. The minimum absolute atomic E-state index is 0.137. The Kier molecular flexibility index (Phi) is 6.44. The van der Waals surface area contributed by atoms with Crippen LogP contribution >= 0.6 is 0 Å². The van der Waals surface area contributed by atoms with Crippen LogP contribution in [0.25, 0.3) is 0 Å². The molecule has 0 radical (unpaired) electrons. The summed E-state index contributed by atoms with van der Waals surface area (Å²) in [6, 6.07) is 15.2. The second-order valence-electron chi connectivity index (χ2n) is 7.86. The highest BCUT2D eigenvalue weighted by Crippen LogP contribution is 2.29. The van der Waals surface area contributed by atoms with E-state index >= 15 is 0 Å². The third-order valence-corrected chi connectivity index (χ3v) is 5.47. The molecule has 2 aromatic rings. The number of anilines is 1. The van der Waals surface area contributed by atoms with Crippen molar-refractivity contribution in [2.75, 3.05) is 18.1 Å². The zero-order chi connectivity index (χ0) is 20.2. The molecule has 0 spiro atoms. The van der Waals surface area contributed by atoms with Crippen LogP contribution in [-0.2, 0) is 26.8 Å². The van der Waals surface area contributed by atoms with Crippen LogP contribution in [0.2, 0.25) is 0 Å². The molecule has 146 valence electrons. The fraction of sp³-hybridized carbons (Fsp3) is 0.381. The first-order valence-electron chi connectivity index (χ1n) is 8.87. The summed E-state index contributed by atoms with van der Waals surface area (Å²) in [5, 5.41) is 2.87. The van der Waals surface area contributed by atoms with E-state index in [1.165, 1.54) is 4.31 Å². The predicted molar refractivity (Wildman–Crippen MR) is 110 cm³/mol. The van der Waals surface area contributed by atoms with E-state index in [0.717, 1.165) is 22.9 Å². The van der Waals surface area contributed by atoms with Crippen LogP contribution in [0, 0.1) is 6.92 Å². The van der Waals surface area contributed by atoms with Crippen molar-refractivity contribution in [3.8, 4) is 0 Å². The van der Waals surface area contributed by atoms with Gasteiger partial charge in [0.1, 0.15) is 0 Å². The molecule has 0 saturated carbocycles. The number of aryl methyl sites for hydroxylation is 1. The summed E-state index contributed by atoms with van der Waals surface area (Å²) >= 11 is 0. The first kappa shape index (κ1) is 21.1. The molecule has 0 aromatic heterocycles. The number of hydrogen-bond acceptors (Lipinski definition) is 3. The third kappa shape index (κ3) is 6.19. The van der Waals surface area contributed by atoms with Gasteiger partial charge in [-0.3, -0.25) is 4.79 Å². The van der Waals surface area contributed by atoms with Crippen LogP contribution in [0.5, 0.6) is 0 Å². The number of amides is 1. The summed E-state index contributed by atoms with van der Waals surface area (Å²) in [4.78, 5) is 12.6. The average molecular weight is 389 g/mol. The molecule has 6 heteroatoms. The van der Waals surface area contributed by atoms with Gasteiger partial charge in [0.05, 0.1) is 12.8 Å². The normalized spacial score (nSPS) is 12.2. The quantitative estimate of drug-likeness (QED) is 0.821. The summed E-state index contributed by atoms with van der Waals surface area (Å²) in [6.07, 6.45) is 1.12. The van der Waals surface area contributed by atoms with Gasteiger partial charge in [-0.15, -0.1) is 0 Å². The van der Waals surface area contributed by atoms with Gasteiger partial charge in [-0.1, -0.05) is 68.8 Å². The first-order chi connectivity index (χ1) is 12.5. The topological polar surface area (TPSA) is 66.5 Å². The lowest BCUT2D eigenvalue weighted by atomic mass is 9.86. The van der Waals surface area contributed by atoms with E-state index in [2.05, 4.69) is 26.1 Å². The van der Waals surface area contributed by atoms with Gasteiger partial charge in [0.2, 0.25) is 15.9 Å². The van der Waals surface area contributed by atoms with Crippen LogP contribution in [0.1, 0.15) is 37.5 Å². The molecule has 0 saturated heterocycles. The Labute approximate surface area is 162 Å². The zero-order valence-corrected chi connectivity index (χ0v) is 17.4. The van der Waals surface area contributed by atoms with Crippen LogP contribution in [0.15, 0.2) is 48.5 Å². The summed E-state index contributed by atoms with van der Waals surface area (Å²) in [6.45, 7) is 8.10. The number of nitrogens with zero attached hydrogens (tertiary/aromatic N) is 1. The molecule has 2 rings (SSSR count). The fourth-order valence-electron chi connectivity index (χ4n) is 2.78. The number of carbonyl (C=O) groups excluding carboxylic acids is 1. The number of carbonyl (C=O) groups is 1. The van der Waals surface area contributed by atoms with Gasteiger partial charge in [0, 0.05) is 12.2 Å². The summed E-state index contributed by atoms with van der Waals surface area (Å²) in [5.74, 6) is -0.357. The Balaban J connectivity index is 2.17. The molecule has 0 aliphatic rings. The van der Waals surface area contributed by atoms with E-state index < -0.39 is 10.0 Å². The lowest BCUT2D eigenvalue weighted by Gasteiger charge is -2.24. The van der Waals surface area contributed by atoms with Gasteiger partial charge in [-0.25, -0.2) is 8.42 Å². The van der Waals surface area contributed by atoms with Gasteiger partial charge in [0.25, 0.3) is 0 Å². The summed E-state index contributed by atoms with van der Waals surface area (Å²) in [7, 11) is -3.53. The van der Waals surface area contributed by atoms with Crippen molar-refractivity contribution in [2.45, 2.75) is 39.7 Å². The Morgan fingerprint density at radius 1 is 1.04 bits per heavy atom. The van der Waals surface area contributed by atoms with Crippen molar-refractivity contribution >= 4 is 21.6 Å². The molecule has 0 aliphatic heterocycles. The maximum atomic E-state index is 12.6. The average Bonchev–Trinajstić information content (AvgIpc) is 2.55. The number of nitrogens with one attached hydrogen (secondary N) is 1. The van der Waals surface area contributed by atoms with Crippen molar-refractivity contribution < 1.29 is 13.2 Å². The Hall–Kier alpha value is -2.18. The molecular weight excluding hydrogens is 360 g/mol. The standard InChI is InChI=1S/C21H28N2O3S/c1-16-10-12-17(13-11-16)14-23(27(5,25)26)15-20(24)22-19-9-7-6-8-18(19)21(2,3)4/h6-13H,14-15H2,1-5H3,(H,22,24). The van der Waals surface area contributed by atoms with E-state index in [9.17, 15) is 13.2 Å². The molecule has 1 amide bonds. The van der Waals surface area contributed by atoms with Gasteiger partial charge in [-0.2, -0.15) is 4.31 Å². The van der Waals surface area contributed by atoms with Crippen LogP contribution in [0.3, 0.4) is 0 Å². The molecule has 0 fully saturated rings. The molecule has 0 heterocycles. The highest BCUT2D eigenvalue weighted by molar-refractivity contribution is 7.88. The first-order valence-corrected chi connectivity index (χ1v) is 10.7. The highest BCUT2D eigenvalue weighted by Gasteiger charge is 2.23. The van der Waals surface area contributed by atoms with Gasteiger partial charge < -0.3 is 5.32 Å². The second kappa shape index (κ2) is 8.23. The maximum Gasteiger partial charge on any atom is 0.239 e. The van der Waals surface area contributed by atoms with Crippen molar-refractivity contribution in [3.05, 3.63) is 65.2 Å². The van der Waals surface area contributed by atoms with Crippen LogP contribution in [-0.4, -0.2) is 31.4 Å². The minimum atomic E-state index is -3.53. The van der Waals surface area contributed by atoms with Gasteiger partial charge >= 0.3 is 0 Å². The monoisotopic (exact) mass is 388 g/mol. The molecule has 0 aliphatic carbocycles. The Bertz CT molecular complexity index is 898. The Morgan fingerprint density at radius 2 is 1.63 bits per heavy atom. The largest absolute Gasteiger partial charge is 0.325 e. The lowest BCUT2D eigenvalue weighted by molar-refractivity contribution is -0.116. The zero-order valence-electron chi connectivity index (χ0n) is 16.6. The summed E-state index contributed by atoms with van der Waals surface area (Å²) in [5.41, 5.74) is 3.51. The maximum absolute atomic E-state index is 12.6. The van der Waals surface area contributed by atoms with Gasteiger partial charge in [-0.05, 0) is 29.5 Å². The van der Waals surface area contributed by atoms with E-state index in [1.807, 2.05) is 55.5 Å². The van der Waals surface area contributed by atoms with E-state index in [-0.39, 0.29) is 24.4 Å². The molecular formula is C21H28N2O3S. The molecule has 0 unspecified atom stereocenters. The lowest BCUT2D eigenvalue weighted by Crippen LogP contribution is -2.37. The number of sulfonamides is 1. The van der Waals surface area contributed by atoms with E-state index in [1.54, 1.807) is 0 Å². The number of benzene rings is 2. The molecule has 0 atom stereocenters. The van der Waals surface area contributed by atoms with E-state index in [0.29, 0.717) is 5.69 Å². The number of rotatable bonds is 6. The van der Waals surface area contributed by atoms with Crippen molar-refractivity contribution in [1.29, 1.82) is 0 Å². The molecule has 2 aromatic carbocycles. The SMILES string of the molecule is Cc1ccc(CN(CC(=O)Nc2ccccc2C(C)(C)C)S(C)(=O)=O)cc1. The molecule has 0 bridgehead atoms. The van der Waals surface area contributed by atoms with E-state index in [4.69, 9.17) is 0 Å². The number of hydrogen-bond donors (Lipinski definition) is 1. The highest BCUT2D eigenvalue weighted by atomic mass is 32.2. The van der Waals surface area contributed by atoms with Crippen LogP contribution < -0.4 is 5.32 Å². The fourth-order valence-corrected chi connectivity index (χ4v) is 3.52. The van der Waals surface area contributed by atoms with Crippen molar-refractivity contribution in [1.82, 2.24) is 4.31 Å².